The number of nitrogens with one attached hydrogen (secondary N) is 3. The van der Waals surface area contributed by atoms with Gasteiger partial charge < -0.3 is 57.3 Å². The number of aryl methyl sites for hydroxylation is 1. The maximum atomic E-state index is 11.4. The normalized spacial score (nSPS) is 24.0. The summed E-state index contributed by atoms with van der Waals surface area (Å²) < 4.78 is 11.1. The van der Waals surface area contributed by atoms with Gasteiger partial charge in [0.05, 0.1) is 18.1 Å². The first-order valence-corrected chi connectivity index (χ1v) is 23.4. The lowest BCUT2D eigenvalue weighted by atomic mass is 9.72. The van der Waals surface area contributed by atoms with Crippen LogP contribution >= 0.6 is 0 Å². The lowest BCUT2D eigenvalue weighted by Gasteiger charge is -2.33. The van der Waals surface area contributed by atoms with Crippen molar-refractivity contribution in [3.8, 4) is 11.5 Å². The second-order valence-electron chi connectivity index (χ2n) is 18.3. The third kappa shape index (κ3) is 14.6. The summed E-state index contributed by atoms with van der Waals surface area (Å²) in [6.45, 7) is 6.89. The zero-order valence-corrected chi connectivity index (χ0v) is 37.6. The molecule has 2 aliphatic carbocycles. The van der Waals surface area contributed by atoms with Gasteiger partial charge in [0, 0.05) is 52.2 Å². The van der Waals surface area contributed by atoms with Crippen molar-refractivity contribution in [2.24, 2.45) is 51.0 Å². The van der Waals surface area contributed by atoms with Crippen LogP contribution in [0.1, 0.15) is 109 Å². The van der Waals surface area contributed by atoms with Gasteiger partial charge in [-0.15, -0.1) is 16.6 Å². The number of guanidine groups is 1. The minimum Gasteiger partial charge on any atom is -0.504 e. The standard InChI is InChI=1S/C48H79N7O6/c1-31(26-54-48(50)52-4)9-7-11-33(21-22-49)10-5-6-14-45-36(29-56)24-37(61-45)18-15-34-16-20-43(58)46(23-34)60-30-44(59)41-25-39-40(55-41)19-17-35-12-8-13-38(35)47(39)42(28-51-3)53-27-32(2)57/h16,20,23-25,31-33,35,38,42,44-45,47,51,53,56-57,59,61H,5-15,17-19,21-22,26-30,49H2,1-4H3,(H3-,50,52,54,58)/p+1/t31-,32-,33-,35+,38-,42-,44-,45?,47-/m0/s1. The predicted octanol–water partition coefficient (Wildman–Crippen LogP) is 4.59. The molecule has 1 aromatic carbocycles. The van der Waals surface area contributed by atoms with Crippen LogP contribution in [0.3, 0.4) is 0 Å². The molecule has 0 saturated heterocycles. The van der Waals surface area contributed by atoms with E-state index in [1.807, 2.05) is 26.1 Å². The average molecular weight is 851 g/mol. The van der Waals surface area contributed by atoms with E-state index in [-0.39, 0.29) is 37.0 Å². The summed E-state index contributed by atoms with van der Waals surface area (Å²) in [6.07, 6.45) is 19.7. The fraction of sp³-hybridized carbons (Fsp3) is 0.708. The molecule has 0 bridgehead atoms. The van der Waals surface area contributed by atoms with Crippen molar-refractivity contribution in [1.82, 2.24) is 16.0 Å². The van der Waals surface area contributed by atoms with Gasteiger partial charge in [0.15, 0.2) is 23.6 Å². The molecular weight excluding hydrogens is 771 g/mol. The number of aliphatic hydroxyl groups excluding tert-OH is 3. The van der Waals surface area contributed by atoms with Gasteiger partial charge in [-0.1, -0.05) is 51.5 Å². The van der Waals surface area contributed by atoms with E-state index in [1.54, 1.807) is 13.1 Å². The molecule has 0 spiro atoms. The molecule has 342 valence electrons. The maximum absolute atomic E-state index is 11.4. The van der Waals surface area contributed by atoms with E-state index < -0.39 is 12.2 Å². The topological polar surface area (TPSA) is 216 Å². The Balaban J connectivity index is 1.08. The number of ether oxygens (including phenoxy) is 2. The van der Waals surface area contributed by atoms with Gasteiger partial charge in [0.2, 0.25) is 5.70 Å². The Morgan fingerprint density at radius 2 is 1.90 bits per heavy atom. The van der Waals surface area contributed by atoms with E-state index in [4.69, 9.17) is 25.9 Å². The number of phenols is 1. The number of allylic oxidation sites excluding steroid dienone is 1. The molecule has 13 heteroatoms. The summed E-state index contributed by atoms with van der Waals surface area (Å²) in [7, 11) is 3.67. The second-order valence-corrected chi connectivity index (χ2v) is 18.3. The first-order valence-electron chi connectivity index (χ1n) is 23.4. The van der Waals surface area contributed by atoms with Gasteiger partial charge in [-0.25, -0.2) is 0 Å². The Morgan fingerprint density at radius 3 is 2.66 bits per heavy atom. The molecular formula is C48H80N7O6+. The Bertz CT molecular complexity index is 1600. The fourth-order valence-corrected chi connectivity index (χ4v) is 10.2. The first kappa shape index (κ1) is 48.7. The van der Waals surface area contributed by atoms with Crippen LogP contribution in [0.4, 0.5) is 0 Å². The summed E-state index contributed by atoms with van der Waals surface area (Å²) in [5, 5.41) is 52.6. The number of aromatic hydroxyl groups is 1. The molecule has 13 nitrogen and oxygen atoms in total. The average Bonchev–Trinajstić information content (AvgIpc) is 3.99. The third-order valence-electron chi connectivity index (χ3n) is 13.5. The van der Waals surface area contributed by atoms with Crippen LogP contribution in [-0.4, -0.2) is 115 Å². The number of likely N-dealkylation sites (N-methyl/N-ethyl adjacent to an activating group) is 1. The quantitative estimate of drug-likeness (QED) is 0.0197. The monoisotopic (exact) mass is 851 g/mol. The van der Waals surface area contributed by atoms with Crippen molar-refractivity contribution in [3.63, 3.8) is 0 Å². The number of nitrogens with zero attached hydrogens (tertiary/aromatic N) is 2. The number of aliphatic imine (C=N–C) groups is 2. The smallest absolute Gasteiger partial charge is 0.208 e. The van der Waals surface area contributed by atoms with Gasteiger partial charge in [0.1, 0.15) is 30.4 Å². The lowest BCUT2D eigenvalue weighted by molar-refractivity contribution is -0.0553. The van der Waals surface area contributed by atoms with Crippen LogP contribution in [0.25, 0.3) is 0 Å². The molecule has 4 aliphatic rings. The van der Waals surface area contributed by atoms with E-state index in [0.717, 1.165) is 87.4 Å². The molecule has 12 N–H and O–H groups in total. The minimum absolute atomic E-state index is 0.00911. The zero-order valence-electron chi connectivity index (χ0n) is 37.6. The predicted molar refractivity (Wildman–Crippen MR) is 246 cm³/mol. The number of rotatable bonds is 27. The highest BCUT2D eigenvalue weighted by molar-refractivity contribution is 6.03. The minimum atomic E-state index is -0.954. The molecule has 0 amide bonds. The third-order valence-corrected chi connectivity index (χ3v) is 13.5. The summed E-state index contributed by atoms with van der Waals surface area (Å²) >= 11 is 0. The van der Waals surface area contributed by atoms with Crippen molar-refractivity contribution >= 4 is 11.7 Å². The van der Waals surface area contributed by atoms with Crippen LogP contribution in [0, 0.1) is 41.6 Å². The number of hydrogen-bond donors (Lipinski definition) is 9. The molecule has 5 rings (SSSR count). The summed E-state index contributed by atoms with van der Waals surface area (Å²) in [6, 6.07) is 5.52. The highest BCUT2D eigenvalue weighted by Gasteiger charge is 2.52. The Kier molecular flexibility index (Phi) is 20.1. The van der Waals surface area contributed by atoms with Crippen molar-refractivity contribution in [1.29, 1.82) is 0 Å². The van der Waals surface area contributed by atoms with Gasteiger partial charge in [-0.05, 0) is 107 Å². The lowest BCUT2D eigenvalue weighted by Crippen LogP contribution is -2.50. The van der Waals surface area contributed by atoms with E-state index in [1.165, 1.54) is 38.0 Å². The second kappa shape index (κ2) is 25.1. The molecule has 2 aliphatic heterocycles. The van der Waals surface area contributed by atoms with Gasteiger partial charge in [0.25, 0.3) is 0 Å². The number of aliphatic hydroxyl groups is 5. The van der Waals surface area contributed by atoms with E-state index in [2.05, 4.69) is 40.0 Å². The van der Waals surface area contributed by atoms with Gasteiger partial charge in [-0.3, -0.25) is 4.99 Å². The van der Waals surface area contributed by atoms with Gasteiger partial charge >= 0.3 is 0 Å². The summed E-state index contributed by atoms with van der Waals surface area (Å²) in [5.74, 6) is 4.66. The van der Waals surface area contributed by atoms with Crippen LogP contribution in [-0.2, 0) is 6.42 Å². The Morgan fingerprint density at radius 1 is 1.08 bits per heavy atom. The SMILES string of the molecule is CN=C(N)NC[C@@H](C)CCC[C@@H](CCN)CCCCC1[OH+][C-](CCc2ccc(O)c(OC[C@H](O)C3=C[C+]4C(=N3)CC[C@H]3CCC[C@@H]3[C@@H]4[C@H](CNC)NC[C@H](C)O)c2)C=C1CO. The van der Waals surface area contributed by atoms with Crippen molar-refractivity contribution < 1.29 is 29.9 Å². The van der Waals surface area contributed by atoms with E-state index in [0.29, 0.717) is 67.0 Å². The van der Waals surface area contributed by atoms with Crippen LogP contribution in [0.2, 0.25) is 0 Å². The largest absolute Gasteiger partial charge is 0.504 e. The molecule has 2 heterocycles. The number of hydrogen-bond acceptors (Lipinski definition) is 10. The molecule has 0 aromatic heterocycles. The van der Waals surface area contributed by atoms with Crippen LogP contribution < -0.4 is 32.2 Å². The Hall–Kier alpha value is -3.30. The maximum Gasteiger partial charge on any atom is 0.208 e. The van der Waals surface area contributed by atoms with Gasteiger partial charge in [-0.2, -0.15) is 0 Å². The molecule has 2 saturated carbocycles. The number of fused-ring (bicyclic) bond motifs is 2. The molecule has 1 unspecified atom stereocenters. The van der Waals surface area contributed by atoms with Crippen LogP contribution in [0.15, 0.2) is 51.6 Å². The summed E-state index contributed by atoms with van der Waals surface area (Å²) in [5.41, 5.74) is 15.4. The fourth-order valence-electron chi connectivity index (χ4n) is 10.2. The molecule has 9 atom stereocenters. The number of benzene rings is 1. The molecule has 2 fully saturated rings. The van der Waals surface area contributed by atoms with E-state index in [9.17, 15) is 20.4 Å². The van der Waals surface area contributed by atoms with Crippen LogP contribution in [0.5, 0.6) is 11.5 Å². The number of nitrogens with two attached hydrogens (primary N) is 2. The molecule has 1 aromatic rings. The van der Waals surface area contributed by atoms with Crippen molar-refractivity contribution in [2.45, 2.75) is 135 Å². The highest BCUT2D eigenvalue weighted by atomic mass is 16.5. The number of phenolic OH excluding ortho intramolecular Hbond substituents is 1. The Labute approximate surface area is 366 Å². The van der Waals surface area contributed by atoms with Crippen molar-refractivity contribution in [3.05, 3.63) is 59.2 Å². The summed E-state index contributed by atoms with van der Waals surface area (Å²) in [4.78, 5) is 8.97. The molecule has 61 heavy (non-hydrogen) atoms. The molecule has 0 radical (unpaired) electrons. The number of unbranched alkanes of at least 4 members (excludes halogenated alkanes) is 1. The highest BCUT2D eigenvalue weighted by Crippen LogP contribution is 2.50. The van der Waals surface area contributed by atoms with E-state index >= 15 is 0 Å². The van der Waals surface area contributed by atoms with Crippen molar-refractivity contribution in [2.75, 3.05) is 53.5 Å². The zero-order chi connectivity index (χ0) is 43.7. The first-order chi connectivity index (χ1) is 29.5.